The minimum absolute atomic E-state index is 0.181. The lowest BCUT2D eigenvalue weighted by molar-refractivity contribution is 0.0686. The lowest BCUT2D eigenvalue weighted by Gasteiger charge is -2.18. The monoisotopic (exact) mass is 1470 g/mol. The zero-order chi connectivity index (χ0) is 76.3. The Balaban J connectivity index is 0.000000128. The van der Waals surface area contributed by atoms with Crippen LogP contribution >= 0.6 is 11.6 Å². The van der Waals surface area contributed by atoms with E-state index in [1.165, 1.54) is 66.2 Å². The van der Waals surface area contributed by atoms with Crippen molar-refractivity contribution >= 4 is 105 Å². The van der Waals surface area contributed by atoms with E-state index in [1.54, 1.807) is 115 Å². The lowest BCUT2D eigenvalue weighted by atomic mass is 10.1. The first-order chi connectivity index (χ1) is 52.6. The number of nitrogens with one attached hydrogen (secondary N) is 5. The van der Waals surface area contributed by atoms with Crippen molar-refractivity contribution in [3.8, 4) is 44.5 Å². The summed E-state index contributed by atoms with van der Waals surface area (Å²) >= 11 is 5.96. The summed E-state index contributed by atoms with van der Waals surface area (Å²) in [6, 6.07) is 69.8. The number of aromatic nitrogens is 12. The molecule has 25 nitrogen and oxygen atoms in total. The number of nitrogens with two attached hydrogens (primary N) is 1. The third-order valence-corrected chi connectivity index (χ3v) is 16.8. The summed E-state index contributed by atoms with van der Waals surface area (Å²) in [5.41, 5.74) is 20.8. The number of carbonyl (C=O) groups excluding carboxylic acids is 1. The van der Waals surface area contributed by atoms with Crippen LogP contribution in [0.1, 0.15) is 60.8 Å². The SMILES string of the molecule is CC(C)(N)CNC(=O)c1ccc(Nc2nc3c(-c4ccc(F)cc4)cccn3n2)cc1.Cc1ccc(-c2cccn3nc(Nc4ccc(C(=O)O)cc4)nc23)cc1.O=C(O)c1ccc(Nc2nc3c(-c4ccc(Cl)cc4)cccn3n2)cc1.O=C(O)c1ccc(Nc2nc3c(-c4ccc(F)cc4)cccn3n2)cc1. The number of carboxylic acids is 3. The summed E-state index contributed by atoms with van der Waals surface area (Å²) < 4.78 is 33.1. The van der Waals surface area contributed by atoms with Gasteiger partial charge in [-0.05, 0) is 225 Å². The number of hydrogen-bond acceptors (Lipinski definition) is 17. The number of pyridine rings is 4. The second-order valence-electron chi connectivity index (χ2n) is 25.3. The van der Waals surface area contributed by atoms with Crippen LogP contribution in [-0.4, -0.2) is 110 Å². The van der Waals surface area contributed by atoms with Crippen LogP contribution in [0.25, 0.3) is 67.1 Å². The maximum Gasteiger partial charge on any atom is 0.335 e. The van der Waals surface area contributed by atoms with E-state index in [2.05, 4.69) is 98.1 Å². The molecule has 0 bridgehead atoms. The predicted octanol–water partition coefficient (Wildman–Crippen LogP) is 16.4. The van der Waals surface area contributed by atoms with E-state index in [4.69, 9.17) is 32.7 Å². The molecule has 0 spiro atoms. The summed E-state index contributed by atoms with van der Waals surface area (Å²) in [4.78, 5) is 63.2. The molecule has 28 heteroatoms. The van der Waals surface area contributed by atoms with Crippen molar-refractivity contribution < 1.29 is 43.3 Å². The molecule has 0 aliphatic rings. The van der Waals surface area contributed by atoms with Gasteiger partial charge in [-0.2, -0.15) is 19.9 Å². The minimum atomic E-state index is -0.980. The first kappa shape index (κ1) is 72.8. The summed E-state index contributed by atoms with van der Waals surface area (Å²) in [5.74, 6) is -1.99. The highest BCUT2D eigenvalue weighted by Crippen LogP contribution is 2.31. The van der Waals surface area contributed by atoms with E-state index in [0.717, 1.165) is 61.5 Å². The Morgan fingerprint density at radius 3 is 0.908 bits per heavy atom. The van der Waals surface area contributed by atoms with Crippen molar-refractivity contribution in [2.45, 2.75) is 26.3 Å². The molecule has 16 rings (SSSR count). The zero-order valence-corrected chi connectivity index (χ0v) is 58.9. The van der Waals surface area contributed by atoms with Crippen LogP contribution in [0.5, 0.6) is 0 Å². The summed E-state index contributed by atoms with van der Waals surface area (Å²) in [5, 5.41) is 60.5. The van der Waals surface area contributed by atoms with Crippen LogP contribution in [0.3, 0.4) is 0 Å². The molecule has 0 radical (unpaired) electrons. The topological polar surface area (TPSA) is 336 Å². The van der Waals surface area contributed by atoms with Gasteiger partial charge in [0, 0.05) is 92.5 Å². The number of nitrogens with zero attached hydrogens (tertiary/aromatic N) is 12. The van der Waals surface area contributed by atoms with Gasteiger partial charge in [-0.1, -0.05) is 77.8 Å². The number of halogens is 3. The Hall–Kier alpha value is -14.6. The molecule has 0 saturated heterocycles. The molecule has 16 aromatic rings. The van der Waals surface area contributed by atoms with Crippen LogP contribution in [0.15, 0.2) is 267 Å². The van der Waals surface area contributed by atoms with Gasteiger partial charge in [0.1, 0.15) is 11.6 Å². The minimum Gasteiger partial charge on any atom is -0.478 e. The second kappa shape index (κ2) is 32.2. The fourth-order valence-electron chi connectivity index (χ4n) is 11.1. The highest BCUT2D eigenvalue weighted by atomic mass is 35.5. The molecule has 0 aliphatic carbocycles. The standard InChI is InChI=1S/C23H23FN6O.C20H16N4O2.C19H13ClN4O2.C19H13FN4O2/c1-23(2,25)14-26-21(31)16-7-11-18(12-8-16)27-22-28-20-19(4-3-13-30(20)29-22)15-5-9-17(24)10-6-15;1-13-4-6-14(7-5-13)17-3-2-12-24-18(17)22-20(23-24)21-16-10-8-15(9-11-16)19(25)26;2*20-14-7-3-12(4-8-14)16-2-1-11-24-17(16)22-19(23-24)21-15-9-5-13(6-10-15)18(25)26/h3-13H,14,25H2,1-2H3,(H,26,31)(H,27,29);2-12H,1H3,(H,21,23)(H,25,26);2*1-11H,(H,21,23)(H,25,26). The molecule has 0 aliphatic heterocycles. The zero-order valence-electron chi connectivity index (χ0n) is 58.2. The van der Waals surface area contributed by atoms with Crippen LogP contribution in [0, 0.1) is 18.6 Å². The van der Waals surface area contributed by atoms with Gasteiger partial charge in [-0.25, -0.2) is 41.2 Å². The molecule has 1 amide bonds. The van der Waals surface area contributed by atoms with E-state index < -0.39 is 23.4 Å². The van der Waals surface area contributed by atoms with Gasteiger partial charge in [0.2, 0.25) is 23.8 Å². The van der Waals surface area contributed by atoms with E-state index in [1.807, 2.05) is 99.0 Å². The van der Waals surface area contributed by atoms with Gasteiger partial charge < -0.3 is 47.6 Å². The molecular formula is C81H65ClF2N18O7. The molecule has 0 unspecified atom stereocenters. The van der Waals surface area contributed by atoms with E-state index in [9.17, 15) is 28.0 Å². The molecule has 542 valence electrons. The number of rotatable bonds is 18. The highest BCUT2D eigenvalue weighted by Gasteiger charge is 2.18. The largest absolute Gasteiger partial charge is 0.478 e. The fourth-order valence-corrected chi connectivity index (χ4v) is 11.2. The maximum absolute atomic E-state index is 13.3. The smallest absolute Gasteiger partial charge is 0.335 e. The Bertz CT molecular complexity index is 5510. The molecule has 0 saturated carbocycles. The lowest BCUT2D eigenvalue weighted by Crippen LogP contribution is -2.45. The molecule has 8 aromatic heterocycles. The summed E-state index contributed by atoms with van der Waals surface area (Å²) in [7, 11) is 0. The Labute approximate surface area is 624 Å². The normalized spacial score (nSPS) is 11.0. The van der Waals surface area contributed by atoms with Crippen molar-refractivity contribution in [3.05, 3.63) is 312 Å². The van der Waals surface area contributed by atoms with Gasteiger partial charge in [0.15, 0.2) is 22.6 Å². The van der Waals surface area contributed by atoms with Crippen molar-refractivity contribution in [2.75, 3.05) is 27.8 Å². The van der Waals surface area contributed by atoms with Crippen molar-refractivity contribution in [3.63, 3.8) is 0 Å². The number of amides is 1. The Morgan fingerprint density at radius 1 is 0.385 bits per heavy atom. The number of carbonyl (C=O) groups is 4. The third-order valence-electron chi connectivity index (χ3n) is 16.5. The van der Waals surface area contributed by atoms with E-state index in [0.29, 0.717) is 69.2 Å². The fraction of sp³-hybridized carbons (Fsp3) is 0.0617. The average molecular weight is 1480 g/mol. The van der Waals surface area contributed by atoms with Crippen molar-refractivity contribution in [2.24, 2.45) is 5.73 Å². The van der Waals surface area contributed by atoms with Gasteiger partial charge in [0.05, 0.1) is 16.7 Å². The number of aryl methyl sites for hydroxylation is 1. The number of aromatic carboxylic acids is 3. The first-order valence-corrected chi connectivity index (χ1v) is 34.0. The van der Waals surface area contributed by atoms with Crippen LogP contribution in [0.4, 0.5) is 55.3 Å². The molecule has 10 N–H and O–H groups in total. The molecular weight excluding hydrogens is 1410 g/mol. The van der Waals surface area contributed by atoms with Crippen LogP contribution in [0.2, 0.25) is 5.02 Å². The number of carboxylic acid groups (broad SMARTS) is 3. The Morgan fingerprint density at radius 2 is 0.642 bits per heavy atom. The molecule has 8 aromatic carbocycles. The van der Waals surface area contributed by atoms with Crippen LogP contribution in [-0.2, 0) is 0 Å². The maximum atomic E-state index is 13.3. The predicted molar refractivity (Wildman–Crippen MR) is 414 cm³/mol. The Kier molecular flexibility index (Phi) is 21.5. The molecule has 0 atom stereocenters. The molecule has 109 heavy (non-hydrogen) atoms. The van der Waals surface area contributed by atoms with Gasteiger partial charge in [-0.15, -0.1) is 20.4 Å². The summed E-state index contributed by atoms with van der Waals surface area (Å²) in [6.07, 6.45) is 7.24. The number of hydrogen-bond donors (Lipinski definition) is 9. The molecule has 8 heterocycles. The average Bonchev–Trinajstić information content (AvgIpc) is 1.69. The van der Waals surface area contributed by atoms with Crippen LogP contribution < -0.4 is 32.3 Å². The van der Waals surface area contributed by atoms with E-state index >= 15 is 0 Å². The van der Waals surface area contributed by atoms with Gasteiger partial charge >= 0.3 is 17.9 Å². The first-order valence-electron chi connectivity index (χ1n) is 33.6. The van der Waals surface area contributed by atoms with E-state index in [-0.39, 0.29) is 34.2 Å². The second-order valence-corrected chi connectivity index (χ2v) is 25.7. The van der Waals surface area contributed by atoms with Crippen molar-refractivity contribution in [1.29, 1.82) is 0 Å². The molecule has 0 fully saturated rings. The third kappa shape index (κ3) is 18.2. The van der Waals surface area contributed by atoms with Gasteiger partial charge in [-0.3, -0.25) is 4.79 Å². The highest BCUT2D eigenvalue weighted by molar-refractivity contribution is 6.30. The van der Waals surface area contributed by atoms with Crippen molar-refractivity contribution in [1.82, 2.24) is 63.7 Å². The summed E-state index contributed by atoms with van der Waals surface area (Å²) in [6.45, 7) is 6.14. The quantitative estimate of drug-likeness (QED) is 0.0385. The number of fused-ring (bicyclic) bond motifs is 4. The van der Waals surface area contributed by atoms with Gasteiger partial charge in [0.25, 0.3) is 5.91 Å². The number of anilines is 8. The number of benzene rings is 8.